The highest BCUT2D eigenvalue weighted by Gasteiger charge is 2.31. The van der Waals surface area contributed by atoms with Crippen molar-refractivity contribution >= 4 is 27.2 Å². The summed E-state index contributed by atoms with van der Waals surface area (Å²) in [6.07, 6.45) is 2.16. The first-order valence-electron chi connectivity index (χ1n) is 8.32. The summed E-state index contributed by atoms with van der Waals surface area (Å²) in [4.78, 5) is 18.0. The van der Waals surface area contributed by atoms with Crippen molar-refractivity contribution in [1.29, 1.82) is 0 Å². The van der Waals surface area contributed by atoms with E-state index in [1.54, 1.807) is 29.9 Å². The van der Waals surface area contributed by atoms with Crippen molar-refractivity contribution < 1.29 is 4.92 Å². The monoisotopic (exact) mass is 357 g/mol. The molecule has 1 atom stereocenters. The highest BCUT2D eigenvalue weighted by Crippen LogP contribution is 2.37. The third kappa shape index (κ3) is 2.81. The number of thiazole rings is 1. The van der Waals surface area contributed by atoms with E-state index in [1.807, 2.05) is 18.2 Å². The van der Waals surface area contributed by atoms with Crippen LogP contribution in [0.3, 0.4) is 0 Å². The molecule has 0 N–H and O–H groups in total. The van der Waals surface area contributed by atoms with Crippen LogP contribution in [0.5, 0.6) is 0 Å². The van der Waals surface area contributed by atoms with Crippen LogP contribution in [0.15, 0.2) is 24.3 Å². The van der Waals surface area contributed by atoms with Crippen LogP contribution in [0.2, 0.25) is 0 Å². The minimum Gasteiger partial charge on any atom is -0.275 e. The number of benzene rings is 1. The number of rotatable bonds is 4. The number of nitro groups is 1. The zero-order chi connectivity index (χ0) is 17.6. The molecule has 0 unspecified atom stereocenters. The van der Waals surface area contributed by atoms with E-state index in [2.05, 4.69) is 16.1 Å². The van der Waals surface area contributed by atoms with Crippen molar-refractivity contribution in [3.63, 3.8) is 0 Å². The number of likely N-dealkylation sites (tertiary alicyclic amines) is 1. The van der Waals surface area contributed by atoms with Crippen molar-refractivity contribution in [2.75, 3.05) is 6.54 Å². The first kappa shape index (κ1) is 16.2. The second-order valence-corrected chi connectivity index (χ2v) is 7.47. The van der Waals surface area contributed by atoms with Crippen LogP contribution in [0, 0.1) is 24.0 Å². The lowest BCUT2D eigenvalue weighted by molar-refractivity contribution is -0.386. The molecule has 4 rings (SSSR count). The van der Waals surface area contributed by atoms with Crippen LogP contribution < -0.4 is 0 Å². The number of nitrogens with zero attached hydrogens (tertiary/aromatic N) is 5. The molecule has 0 spiro atoms. The molecule has 0 saturated carbocycles. The predicted octanol–water partition coefficient (Wildman–Crippen LogP) is 3.81. The smallest absolute Gasteiger partial charge is 0.275 e. The van der Waals surface area contributed by atoms with Gasteiger partial charge >= 0.3 is 5.69 Å². The minimum absolute atomic E-state index is 0.121. The zero-order valence-electron chi connectivity index (χ0n) is 14.2. The van der Waals surface area contributed by atoms with Crippen molar-refractivity contribution in [3.8, 4) is 0 Å². The fourth-order valence-electron chi connectivity index (χ4n) is 3.57. The Bertz CT molecular complexity index is 915. The predicted molar refractivity (Wildman–Crippen MR) is 96.7 cm³/mol. The Morgan fingerprint density at radius 1 is 1.36 bits per heavy atom. The van der Waals surface area contributed by atoms with E-state index in [-0.39, 0.29) is 16.7 Å². The Kier molecular flexibility index (Phi) is 4.01. The number of aryl methyl sites for hydroxylation is 1. The summed E-state index contributed by atoms with van der Waals surface area (Å²) in [5.74, 6) is 0. The summed E-state index contributed by atoms with van der Waals surface area (Å²) < 4.78 is 2.95. The Morgan fingerprint density at radius 2 is 2.16 bits per heavy atom. The summed E-state index contributed by atoms with van der Waals surface area (Å²) in [7, 11) is 0. The van der Waals surface area contributed by atoms with Crippen LogP contribution in [0.25, 0.3) is 10.2 Å². The van der Waals surface area contributed by atoms with Gasteiger partial charge in [-0.05, 0) is 38.8 Å². The molecule has 2 aromatic heterocycles. The molecule has 3 aromatic rings. The van der Waals surface area contributed by atoms with Gasteiger partial charge in [-0.1, -0.05) is 12.1 Å². The highest BCUT2D eigenvalue weighted by molar-refractivity contribution is 7.18. The van der Waals surface area contributed by atoms with E-state index in [1.165, 1.54) is 4.70 Å². The molecule has 0 bridgehead atoms. The average Bonchev–Trinajstić information content (AvgIpc) is 3.25. The average molecular weight is 357 g/mol. The highest BCUT2D eigenvalue weighted by atomic mass is 32.1. The SMILES string of the molecule is Cc1nn(CN2CCC[C@@H]2c2nc3ccccc3s2)c(C)c1[N+](=O)[O-]. The van der Waals surface area contributed by atoms with E-state index < -0.39 is 0 Å². The van der Waals surface area contributed by atoms with Crippen LogP contribution in [0.1, 0.15) is 35.3 Å². The Morgan fingerprint density at radius 3 is 2.88 bits per heavy atom. The Balaban J connectivity index is 1.62. The molecule has 0 aliphatic carbocycles. The fraction of sp³-hybridized carbons (Fsp3) is 0.412. The van der Waals surface area contributed by atoms with Gasteiger partial charge in [-0.15, -0.1) is 11.3 Å². The maximum atomic E-state index is 11.2. The molecule has 3 heterocycles. The van der Waals surface area contributed by atoms with E-state index >= 15 is 0 Å². The van der Waals surface area contributed by atoms with E-state index in [0.717, 1.165) is 29.9 Å². The topological polar surface area (TPSA) is 77.1 Å². The summed E-state index contributed by atoms with van der Waals surface area (Å²) in [6, 6.07) is 8.43. The van der Waals surface area contributed by atoms with Crippen LogP contribution in [-0.2, 0) is 6.67 Å². The lowest BCUT2D eigenvalue weighted by Gasteiger charge is -2.23. The van der Waals surface area contributed by atoms with Crippen LogP contribution in [-0.4, -0.2) is 31.1 Å². The van der Waals surface area contributed by atoms with Gasteiger partial charge in [-0.25, -0.2) is 9.67 Å². The molecule has 0 radical (unpaired) electrons. The maximum absolute atomic E-state index is 11.2. The molecule has 0 amide bonds. The molecule has 25 heavy (non-hydrogen) atoms. The lowest BCUT2D eigenvalue weighted by atomic mass is 10.2. The quantitative estimate of drug-likeness (QED) is 0.524. The number of para-hydroxylation sites is 1. The number of hydrogen-bond donors (Lipinski definition) is 0. The first-order valence-corrected chi connectivity index (χ1v) is 9.14. The van der Waals surface area contributed by atoms with Gasteiger partial charge in [0.15, 0.2) is 0 Å². The molecular weight excluding hydrogens is 338 g/mol. The Hall–Kier alpha value is -2.32. The third-order valence-corrected chi connectivity index (χ3v) is 5.94. The normalized spacial score (nSPS) is 18.2. The third-order valence-electron chi connectivity index (χ3n) is 4.80. The summed E-state index contributed by atoms with van der Waals surface area (Å²) in [6.45, 7) is 4.96. The molecule has 130 valence electrons. The van der Waals surface area contributed by atoms with Gasteiger partial charge in [0, 0.05) is 6.54 Å². The van der Waals surface area contributed by atoms with Gasteiger partial charge in [0.1, 0.15) is 16.4 Å². The molecule has 1 fully saturated rings. The standard InChI is InChI=1S/C17H19N5O2S/c1-11-16(22(23)24)12(2)21(19-11)10-20-9-5-7-14(20)17-18-13-6-3-4-8-15(13)25-17/h3-4,6,8,14H,5,7,9-10H2,1-2H3/t14-/m1/s1. The van der Waals surface area contributed by atoms with E-state index in [4.69, 9.17) is 4.98 Å². The van der Waals surface area contributed by atoms with Crippen molar-refractivity contribution in [2.45, 2.75) is 39.4 Å². The van der Waals surface area contributed by atoms with Crippen LogP contribution in [0.4, 0.5) is 5.69 Å². The molecule has 7 nitrogen and oxygen atoms in total. The molecular formula is C17H19N5O2S. The van der Waals surface area contributed by atoms with E-state index in [9.17, 15) is 10.1 Å². The first-order chi connectivity index (χ1) is 12.0. The molecule has 1 aliphatic rings. The zero-order valence-corrected chi connectivity index (χ0v) is 15.0. The number of aromatic nitrogens is 3. The maximum Gasteiger partial charge on any atom is 0.312 e. The van der Waals surface area contributed by atoms with Gasteiger partial charge < -0.3 is 0 Å². The minimum atomic E-state index is -0.344. The van der Waals surface area contributed by atoms with Gasteiger partial charge in [0.05, 0.1) is 27.9 Å². The largest absolute Gasteiger partial charge is 0.312 e. The second-order valence-electron chi connectivity index (χ2n) is 6.41. The van der Waals surface area contributed by atoms with E-state index in [0.29, 0.717) is 18.1 Å². The van der Waals surface area contributed by atoms with Gasteiger partial charge in [-0.2, -0.15) is 5.10 Å². The molecule has 8 heteroatoms. The number of fused-ring (bicyclic) bond motifs is 1. The van der Waals surface area contributed by atoms with Gasteiger partial charge in [0.2, 0.25) is 0 Å². The second kappa shape index (κ2) is 6.20. The van der Waals surface area contributed by atoms with Gasteiger partial charge in [-0.3, -0.25) is 15.0 Å². The Labute approximate surface area is 149 Å². The molecule has 1 saturated heterocycles. The lowest BCUT2D eigenvalue weighted by Crippen LogP contribution is -2.27. The summed E-state index contributed by atoms with van der Waals surface area (Å²) in [5, 5.41) is 16.7. The molecule has 1 aromatic carbocycles. The van der Waals surface area contributed by atoms with Crippen molar-refractivity contribution in [1.82, 2.24) is 19.7 Å². The van der Waals surface area contributed by atoms with Gasteiger partial charge in [0.25, 0.3) is 0 Å². The fourth-order valence-corrected chi connectivity index (χ4v) is 4.71. The van der Waals surface area contributed by atoms with Crippen molar-refractivity contribution in [3.05, 3.63) is 50.8 Å². The van der Waals surface area contributed by atoms with Crippen LogP contribution >= 0.6 is 11.3 Å². The number of hydrogen-bond acceptors (Lipinski definition) is 6. The summed E-state index contributed by atoms with van der Waals surface area (Å²) >= 11 is 1.74. The summed E-state index contributed by atoms with van der Waals surface area (Å²) in [5.41, 5.74) is 2.24. The molecule has 1 aliphatic heterocycles. The van der Waals surface area contributed by atoms with Crippen molar-refractivity contribution in [2.24, 2.45) is 0 Å².